The molecule has 3 aromatic carbocycles. The second-order valence-electron chi connectivity index (χ2n) is 6.10. The van der Waals surface area contributed by atoms with E-state index in [1.165, 1.54) is 12.3 Å². The quantitative estimate of drug-likeness (QED) is 0.424. The Bertz CT molecular complexity index is 1070. The third-order valence-corrected chi connectivity index (χ3v) is 4.33. The Morgan fingerprint density at radius 1 is 1.00 bits per heavy atom. The van der Waals surface area contributed by atoms with Gasteiger partial charge in [0.05, 0.1) is 17.2 Å². The van der Waals surface area contributed by atoms with Crippen LogP contribution in [0.25, 0.3) is 0 Å². The van der Waals surface area contributed by atoms with Crippen LogP contribution in [0.4, 0.5) is 18.9 Å². The van der Waals surface area contributed by atoms with Crippen LogP contribution in [0.15, 0.2) is 65.7 Å². The third kappa shape index (κ3) is 5.04. The van der Waals surface area contributed by atoms with Gasteiger partial charge in [-0.15, -0.1) is 0 Å². The number of para-hydroxylation sites is 2. The fraction of sp³-hybridized carbons (Fsp3) is 0.136. The lowest BCUT2D eigenvalue weighted by Gasteiger charge is -2.13. The predicted molar refractivity (Wildman–Crippen MR) is 109 cm³/mol. The molecule has 3 aromatic rings. The van der Waals surface area contributed by atoms with E-state index in [0.717, 1.165) is 12.1 Å². The maximum absolute atomic E-state index is 13.2. The Labute approximate surface area is 176 Å². The summed E-state index contributed by atoms with van der Waals surface area (Å²) >= 11 is 6.08. The molecule has 4 nitrogen and oxygen atoms in total. The Morgan fingerprint density at radius 2 is 1.73 bits per heavy atom. The largest absolute Gasteiger partial charge is 0.504 e. The molecule has 0 aliphatic heterocycles. The number of phenols is 1. The van der Waals surface area contributed by atoms with Crippen molar-refractivity contribution in [2.75, 3.05) is 6.61 Å². The number of hydrogen-bond acceptors (Lipinski definition) is 4. The molecule has 0 spiro atoms. The molecule has 0 aliphatic rings. The smallest absolute Gasteiger partial charge is 0.416 e. The zero-order chi connectivity index (χ0) is 21.7. The predicted octanol–water partition coefficient (Wildman–Crippen LogP) is 7.01. The molecule has 0 unspecified atom stereocenters. The van der Waals surface area contributed by atoms with Gasteiger partial charge in [-0.1, -0.05) is 29.8 Å². The lowest BCUT2D eigenvalue weighted by molar-refractivity contribution is -0.137. The summed E-state index contributed by atoms with van der Waals surface area (Å²) in [5.74, 6) is 0.436. The topological polar surface area (TPSA) is 51.0 Å². The van der Waals surface area contributed by atoms with Crippen LogP contribution in [-0.4, -0.2) is 17.9 Å². The fourth-order valence-corrected chi connectivity index (χ4v) is 2.76. The normalized spacial score (nSPS) is 11.6. The van der Waals surface area contributed by atoms with E-state index in [1.54, 1.807) is 49.4 Å². The van der Waals surface area contributed by atoms with Gasteiger partial charge in [0.15, 0.2) is 17.2 Å². The first kappa shape index (κ1) is 21.5. The molecule has 0 atom stereocenters. The number of benzene rings is 3. The highest BCUT2D eigenvalue weighted by molar-refractivity contribution is 6.32. The van der Waals surface area contributed by atoms with Crippen LogP contribution in [-0.2, 0) is 6.18 Å². The molecule has 156 valence electrons. The minimum atomic E-state index is -4.55. The number of nitrogens with zero attached hydrogens (tertiary/aromatic N) is 1. The highest BCUT2D eigenvalue weighted by atomic mass is 35.5. The minimum absolute atomic E-state index is 0.0767. The van der Waals surface area contributed by atoms with Crippen LogP contribution in [0.3, 0.4) is 0 Å². The van der Waals surface area contributed by atoms with Crippen LogP contribution in [0.2, 0.25) is 5.02 Å². The average Bonchev–Trinajstić information content (AvgIpc) is 2.70. The van der Waals surface area contributed by atoms with Crippen LogP contribution in [0, 0.1) is 0 Å². The van der Waals surface area contributed by atoms with Gasteiger partial charge in [-0.05, 0) is 49.4 Å². The second-order valence-corrected chi connectivity index (χ2v) is 6.51. The summed E-state index contributed by atoms with van der Waals surface area (Å²) in [6.07, 6.45) is -3.31. The van der Waals surface area contributed by atoms with Gasteiger partial charge in [-0.3, -0.25) is 4.99 Å². The van der Waals surface area contributed by atoms with Crippen molar-refractivity contribution in [3.8, 4) is 23.0 Å². The number of phenolic OH excluding ortho intramolecular Hbond substituents is 1. The van der Waals surface area contributed by atoms with Gasteiger partial charge in [0.1, 0.15) is 11.4 Å². The standard InChI is InChI=1S/C22H17ClF3NO3/c1-2-29-20-9-5-6-14(21(20)28)13-27-17-12-15(22(24,25)26)10-11-19(17)30-18-8-4-3-7-16(18)23/h3-13,28H,2H2,1H3. The lowest BCUT2D eigenvalue weighted by atomic mass is 10.1. The van der Waals surface area contributed by atoms with Crippen LogP contribution in [0.5, 0.6) is 23.0 Å². The molecule has 0 radical (unpaired) electrons. The van der Waals surface area contributed by atoms with E-state index in [-0.39, 0.29) is 34.2 Å². The molecule has 0 bridgehead atoms. The van der Waals surface area contributed by atoms with E-state index < -0.39 is 11.7 Å². The van der Waals surface area contributed by atoms with Crippen molar-refractivity contribution in [3.05, 3.63) is 76.8 Å². The number of halogens is 4. The monoisotopic (exact) mass is 435 g/mol. The highest BCUT2D eigenvalue weighted by Gasteiger charge is 2.31. The van der Waals surface area contributed by atoms with Gasteiger partial charge in [0.2, 0.25) is 0 Å². The summed E-state index contributed by atoms with van der Waals surface area (Å²) < 4.78 is 50.6. The number of ether oxygens (including phenoxy) is 2. The molecule has 0 fully saturated rings. The molecule has 3 rings (SSSR count). The number of aromatic hydroxyl groups is 1. The summed E-state index contributed by atoms with van der Waals surface area (Å²) in [4.78, 5) is 4.13. The summed E-state index contributed by atoms with van der Waals surface area (Å²) in [7, 11) is 0. The average molecular weight is 436 g/mol. The molecule has 0 saturated heterocycles. The van der Waals surface area contributed by atoms with Crippen molar-refractivity contribution in [1.82, 2.24) is 0 Å². The van der Waals surface area contributed by atoms with Crippen LogP contribution in [0.1, 0.15) is 18.1 Å². The Kier molecular flexibility index (Phi) is 6.52. The van der Waals surface area contributed by atoms with Gasteiger partial charge in [0, 0.05) is 11.8 Å². The van der Waals surface area contributed by atoms with E-state index in [1.807, 2.05) is 0 Å². The Morgan fingerprint density at radius 3 is 2.43 bits per heavy atom. The summed E-state index contributed by atoms with van der Waals surface area (Å²) in [5.41, 5.74) is -0.679. The first-order valence-electron chi connectivity index (χ1n) is 8.92. The lowest BCUT2D eigenvalue weighted by Crippen LogP contribution is -2.04. The first-order chi connectivity index (χ1) is 14.3. The molecule has 0 saturated carbocycles. The summed E-state index contributed by atoms with van der Waals surface area (Å²) in [5, 5.41) is 10.6. The minimum Gasteiger partial charge on any atom is -0.504 e. The molecular formula is C22H17ClF3NO3. The van der Waals surface area contributed by atoms with Gasteiger partial charge in [-0.2, -0.15) is 13.2 Å². The van der Waals surface area contributed by atoms with Crippen molar-refractivity contribution in [2.45, 2.75) is 13.1 Å². The van der Waals surface area contributed by atoms with E-state index in [9.17, 15) is 18.3 Å². The van der Waals surface area contributed by atoms with E-state index in [2.05, 4.69) is 4.99 Å². The number of alkyl halides is 3. The molecule has 1 N–H and O–H groups in total. The summed E-state index contributed by atoms with van der Waals surface area (Å²) in [6.45, 7) is 2.11. The zero-order valence-corrected chi connectivity index (χ0v) is 16.5. The van der Waals surface area contributed by atoms with Crippen molar-refractivity contribution in [2.24, 2.45) is 4.99 Å². The maximum atomic E-state index is 13.2. The van der Waals surface area contributed by atoms with Crippen LogP contribution >= 0.6 is 11.6 Å². The van der Waals surface area contributed by atoms with Crippen molar-refractivity contribution in [1.29, 1.82) is 0 Å². The van der Waals surface area contributed by atoms with Gasteiger partial charge >= 0.3 is 6.18 Å². The zero-order valence-electron chi connectivity index (χ0n) is 15.8. The van der Waals surface area contributed by atoms with Gasteiger partial charge in [-0.25, -0.2) is 0 Å². The third-order valence-electron chi connectivity index (χ3n) is 4.02. The maximum Gasteiger partial charge on any atom is 0.416 e. The van der Waals surface area contributed by atoms with E-state index in [4.69, 9.17) is 21.1 Å². The number of aliphatic imine (C=N–C) groups is 1. The second kappa shape index (κ2) is 9.09. The van der Waals surface area contributed by atoms with Crippen LogP contribution < -0.4 is 9.47 Å². The molecule has 8 heteroatoms. The Balaban J connectivity index is 2.02. The first-order valence-corrected chi connectivity index (χ1v) is 9.30. The van der Waals surface area contributed by atoms with Gasteiger partial charge < -0.3 is 14.6 Å². The number of hydrogen-bond donors (Lipinski definition) is 1. The van der Waals surface area contributed by atoms with Crippen molar-refractivity contribution < 1.29 is 27.8 Å². The molecule has 0 aromatic heterocycles. The highest BCUT2D eigenvalue weighted by Crippen LogP contribution is 2.40. The molecule has 0 heterocycles. The fourth-order valence-electron chi connectivity index (χ4n) is 2.58. The molecule has 0 aliphatic carbocycles. The summed E-state index contributed by atoms with van der Waals surface area (Å²) in [6, 6.07) is 14.3. The Hall–Kier alpha value is -3.19. The van der Waals surface area contributed by atoms with Crippen molar-refractivity contribution >= 4 is 23.5 Å². The van der Waals surface area contributed by atoms with Crippen molar-refractivity contribution in [3.63, 3.8) is 0 Å². The number of rotatable bonds is 6. The molecular weight excluding hydrogens is 419 g/mol. The molecule has 30 heavy (non-hydrogen) atoms. The van der Waals surface area contributed by atoms with Gasteiger partial charge in [0.25, 0.3) is 0 Å². The molecule has 0 amide bonds. The van der Waals surface area contributed by atoms with E-state index >= 15 is 0 Å². The SMILES string of the molecule is CCOc1cccc(C=Nc2cc(C(F)(F)F)ccc2Oc2ccccc2Cl)c1O. The van der Waals surface area contributed by atoms with E-state index in [0.29, 0.717) is 11.6 Å².